The van der Waals surface area contributed by atoms with Gasteiger partial charge in [0.1, 0.15) is 18.3 Å². The number of Topliss-reactive ketones (excluding diaryl/α,β-unsaturated/α-hetero) is 1. The van der Waals surface area contributed by atoms with Crippen molar-refractivity contribution in [2.24, 2.45) is 40.2 Å². The maximum absolute atomic E-state index is 14.1. The summed E-state index contributed by atoms with van der Waals surface area (Å²) >= 11 is 0. The van der Waals surface area contributed by atoms with Crippen molar-refractivity contribution in [1.29, 1.82) is 0 Å². The van der Waals surface area contributed by atoms with E-state index in [1.807, 2.05) is 41.5 Å². The lowest BCUT2D eigenvalue weighted by Crippen LogP contribution is -2.62. The van der Waals surface area contributed by atoms with Gasteiger partial charge < -0.3 is 31.3 Å². The molecule has 1 saturated heterocycles. The van der Waals surface area contributed by atoms with Gasteiger partial charge in [-0.15, -0.1) is 0 Å². The lowest BCUT2D eigenvalue weighted by atomic mass is 9.72. The Hall–Kier alpha value is -2.20. The number of nitrogens with two attached hydrogens (primary N) is 1. The van der Waals surface area contributed by atoms with Crippen LogP contribution in [0.1, 0.15) is 87.5 Å². The number of nitrogens with one attached hydrogen (secondary N) is 3. The summed E-state index contributed by atoms with van der Waals surface area (Å²) in [5, 5.41) is 8.84. The van der Waals surface area contributed by atoms with Gasteiger partial charge in [-0.05, 0) is 47.8 Å². The highest BCUT2D eigenvalue weighted by molar-refractivity contribution is 5.96. The second kappa shape index (κ2) is 12.3. The molecule has 2 aliphatic carbocycles. The summed E-state index contributed by atoms with van der Waals surface area (Å²) in [6.45, 7) is 16.3. The monoisotopic (exact) mass is 563 g/mol. The Morgan fingerprint density at radius 3 is 2.20 bits per heavy atom. The topological polar surface area (TPSA) is 143 Å². The Balaban J connectivity index is 1.85. The zero-order chi connectivity index (χ0) is 30.2. The first-order chi connectivity index (χ1) is 18.5. The van der Waals surface area contributed by atoms with E-state index in [1.165, 1.54) is 7.11 Å². The summed E-state index contributed by atoms with van der Waals surface area (Å²) in [5.74, 6) is -0.247. The first-order valence-electron chi connectivity index (χ1n) is 15.0. The number of piperidine rings is 1. The molecule has 40 heavy (non-hydrogen) atoms. The molecule has 1 heterocycles. The summed E-state index contributed by atoms with van der Waals surface area (Å²) in [7, 11) is 1.46. The maximum atomic E-state index is 14.1. The van der Waals surface area contributed by atoms with Crippen molar-refractivity contribution in [2.45, 2.75) is 118 Å². The van der Waals surface area contributed by atoms with Gasteiger partial charge in [-0.2, -0.15) is 0 Å². The summed E-state index contributed by atoms with van der Waals surface area (Å²) in [6.07, 6.45) is 3.21. The van der Waals surface area contributed by atoms with E-state index in [4.69, 9.17) is 10.5 Å². The van der Waals surface area contributed by atoms with Crippen LogP contribution in [-0.2, 0) is 19.1 Å². The van der Waals surface area contributed by atoms with E-state index in [0.29, 0.717) is 12.5 Å². The molecule has 10 heteroatoms. The fourth-order valence-corrected chi connectivity index (χ4v) is 6.52. The second-order valence-electron chi connectivity index (χ2n) is 14.1. The minimum absolute atomic E-state index is 0.00464. The Bertz CT molecular complexity index is 959. The van der Waals surface area contributed by atoms with Crippen molar-refractivity contribution in [3.63, 3.8) is 0 Å². The number of nitrogens with zero attached hydrogens (tertiary/aromatic N) is 1. The van der Waals surface area contributed by atoms with Crippen LogP contribution in [0.15, 0.2) is 0 Å². The third kappa shape index (κ3) is 6.81. The first-order valence-corrected chi connectivity index (χ1v) is 15.0. The van der Waals surface area contributed by atoms with Gasteiger partial charge >= 0.3 is 6.03 Å². The van der Waals surface area contributed by atoms with Crippen LogP contribution in [-0.4, -0.2) is 72.6 Å². The van der Waals surface area contributed by atoms with Gasteiger partial charge in [-0.3, -0.25) is 14.4 Å². The van der Waals surface area contributed by atoms with E-state index in [-0.39, 0.29) is 53.2 Å². The number of carbonyl (C=O) groups excluding carboxylic acids is 4. The van der Waals surface area contributed by atoms with Crippen LogP contribution >= 0.6 is 0 Å². The molecule has 3 aliphatic rings. The summed E-state index contributed by atoms with van der Waals surface area (Å²) in [5.41, 5.74) is 5.25. The minimum atomic E-state index is -0.821. The van der Waals surface area contributed by atoms with Crippen LogP contribution in [0, 0.1) is 34.5 Å². The summed E-state index contributed by atoms with van der Waals surface area (Å²) < 4.78 is 5.13. The number of hydrogen-bond donors (Lipinski definition) is 4. The second-order valence-corrected chi connectivity index (χ2v) is 14.1. The van der Waals surface area contributed by atoms with Crippen molar-refractivity contribution in [1.82, 2.24) is 20.9 Å². The van der Waals surface area contributed by atoms with E-state index in [0.717, 1.165) is 25.7 Å². The Labute approximate surface area is 240 Å². The van der Waals surface area contributed by atoms with Gasteiger partial charge in [0, 0.05) is 26.1 Å². The van der Waals surface area contributed by atoms with Crippen LogP contribution in [0.3, 0.4) is 0 Å². The van der Waals surface area contributed by atoms with E-state index in [2.05, 4.69) is 29.8 Å². The molecule has 0 aromatic rings. The molecular formula is C30H53N5O5. The molecule has 1 aliphatic heterocycles. The molecule has 3 rings (SSSR count). The fourth-order valence-electron chi connectivity index (χ4n) is 6.52. The Kier molecular flexibility index (Phi) is 9.98. The molecule has 8 atom stereocenters. The number of likely N-dealkylation sites (tertiary alicyclic amines) is 1. The van der Waals surface area contributed by atoms with Gasteiger partial charge in [-0.25, -0.2) is 4.79 Å². The third-order valence-electron chi connectivity index (χ3n) is 9.91. The van der Waals surface area contributed by atoms with Crippen molar-refractivity contribution >= 4 is 23.6 Å². The predicted molar refractivity (Wildman–Crippen MR) is 154 cm³/mol. The summed E-state index contributed by atoms with van der Waals surface area (Å²) in [6, 6.07) is -2.67. The highest BCUT2D eigenvalue weighted by Crippen LogP contribution is 2.65. The standard InChI is InChI=1S/C30H53N5O5/c1-10-16(2)32-28(39)34-25(29(4,5)6)27(38)35-15-19-22(30(19,7)8)24(35)26(37)33-23(17(3)18-12-11-13-18)20(36)14-21(31)40-9/h16-19,21-25H,10-15,31H2,1-9H3,(H,33,37)(H2,32,34,39). The first kappa shape index (κ1) is 32.3. The van der Waals surface area contributed by atoms with E-state index in [1.54, 1.807) is 4.90 Å². The van der Waals surface area contributed by atoms with Gasteiger partial charge in [0.15, 0.2) is 5.78 Å². The molecule has 0 radical (unpaired) electrons. The highest BCUT2D eigenvalue weighted by Gasteiger charge is 2.70. The molecule has 0 bridgehead atoms. The SMILES string of the molecule is CCC(C)NC(=O)NC(C(=O)N1CC2C(C1C(=O)NC(C(=O)CC(N)OC)C(C)C1CCC1)C2(C)C)C(C)(C)C. The molecule has 8 unspecified atom stereocenters. The molecular weight excluding hydrogens is 510 g/mol. The van der Waals surface area contributed by atoms with Crippen LogP contribution in [0.4, 0.5) is 4.79 Å². The lowest BCUT2D eigenvalue weighted by molar-refractivity contribution is -0.144. The largest absolute Gasteiger partial charge is 0.366 e. The molecule has 5 N–H and O–H groups in total. The molecule has 228 valence electrons. The molecule has 0 spiro atoms. The zero-order valence-corrected chi connectivity index (χ0v) is 26.0. The normalized spacial score (nSPS) is 27.4. The number of fused-ring (bicyclic) bond motifs is 1. The van der Waals surface area contributed by atoms with E-state index >= 15 is 0 Å². The molecule has 2 saturated carbocycles. The molecule has 3 fully saturated rings. The van der Waals surface area contributed by atoms with Crippen molar-refractivity contribution in [3.8, 4) is 0 Å². The number of amides is 4. The number of methoxy groups -OCH3 is 1. The maximum Gasteiger partial charge on any atom is 0.315 e. The minimum Gasteiger partial charge on any atom is -0.366 e. The fraction of sp³-hybridized carbons (Fsp3) is 0.867. The quantitative estimate of drug-likeness (QED) is 0.269. The predicted octanol–water partition coefficient (Wildman–Crippen LogP) is 2.79. The number of carbonyl (C=O) groups is 4. The average Bonchev–Trinajstić information content (AvgIpc) is 3.15. The number of hydrogen-bond acceptors (Lipinski definition) is 6. The van der Waals surface area contributed by atoms with Gasteiger partial charge in [-0.1, -0.05) is 67.7 Å². The van der Waals surface area contributed by atoms with Crippen molar-refractivity contribution < 1.29 is 23.9 Å². The zero-order valence-electron chi connectivity index (χ0n) is 26.0. The van der Waals surface area contributed by atoms with Crippen LogP contribution in [0.25, 0.3) is 0 Å². The smallest absolute Gasteiger partial charge is 0.315 e. The molecule has 10 nitrogen and oxygen atoms in total. The Morgan fingerprint density at radius 2 is 1.70 bits per heavy atom. The van der Waals surface area contributed by atoms with Crippen LogP contribution in [0.2, 0.25) is 0 Å². The number of urea groups is 1. The molecule has 0 aromatic heterocycles. The van der Waals surface area contributed by atoms with E-state index in [9.17, 15) is 19.2 Å². The van der Waals surface area contributed by atoms with Crippen LogP contribution in [0.5, 0.6) is 0 Å². The number of ketones is 1. The summed E-state index contributed by atoms with van der Waals surface area (Å²) in [4.78, 5) is 55.9. The van der Waals surface area contributed by atoms with Crippen molar-refractivity contribution in [3.05, 3.63) is 0 Å². The van der Waals surface area contributed by atoms with E-state index < -0.39 is 35.8 Å². The Morgan fingerprint density at radius 1 is 1.07 bits per heavy atom. The average molecular weight is 564 g/mol. The van der Waals surface area contributed by atoms with Crippen LogP contribution < -0.4 is 21.7 Å². The third-order valence-corrected chi connectivity index (χ3v) is 9.91. The lowest BCUT2D eigenvalue weighted by Gasteiger charge is -2.39. The molecule has 0 aromatic carbocycles. The highest BCUT2D eigenvalue weighted by atomic mass is 16.5. The van der Waals surface area contributed by atoms with Gasteiger partial charge in [0.2, 0.25) is 11.8 Å². The van der Waals surface area contributed by atoms with Crippen molar-refractivity contribution in [2.75, 3.05) is 13.7 Å². The van der Waals surface area contributed by atoms with Gasteiger partial charge in [0.25, 0.3) is 0 Å². The van der Waals surface area contributed by atoms with Gasteiger partial charge in [0.05, 0.1) is 6.04 Å². The number of ether oxygens (including phenoxy) is 1. The molecule has 4 amide bonds. The number of rotatable bonds is 12.